The van der Waals surface area contributed by atoms with Gasteiger partial charge in [-0.05, 0) is 17.6 Å². The number of benzene rings is 1. The molecule has 1 aromatic carbocycles. The van der Waals surface area contributed by atoms with Gasteiger partial charge in [-0.2, -0.15) is 0 Å². The highest BCUT2D eigenvalue weighted by atomic mass is 32.2. The number of β-lactam (4-membered cyclic amide) rings is 1. The Morgan fingerprint density at radius 1 is 1.15 bits per heavy atom. The van der Waals surface area contributed by atoms with E-state index < -0.39 is 46.6 Å². The SMILES string of the molecule is COC(=O)C1(C(=O)OC)CC1C1=C(C(=O)O)N2C(=O)[C@@H](NC(=O)Cc3ccccc3)[C@H]2SC1. The van der Waals surface area contributed by atoms with E-state index in [-0.39, 0.29) is 30.2 Å². The fourth-order valence-corrected chi connectivity index (χ4v) is 5.92. The zero-order chi connectivity index (χ0) is 23.9. The smallest absolute Gasteiger partial charge is 0.352 e. The third kappa shape index (κ3) is 3.65. The number of hydrogen-bond acceptors (Lipinski definition) is 8. The lowest BCUT2D eigenvalue weighted by Crippen LogP contribution is -2.70. The van der Waals surface area contributed by atoms with Gasteiger partial charge in [0.1, 0.15) is 17.1 Å². The molecule has 2 heterocycles. The highest BCUT2D eigenvalue weighted by molar-refractivity contribution is 8.00. The molecule has 1 saturated heterocycles. The van der Waals surface area contributed by atoms with E-state index in [0.29, 0.717) is 5.57 Å². The van der Waals surface area contributed by atoms with Gasteiger partial charge in [0.25, 0.3) is 5.91 Å². The molecule has 2 N–H and O–H groups in total. The minimum atomic E-state index is -1.61. The summed E-state index contributed by atoms with van der Waals surface area (Å²) in [5, 5.41) is 12.0. The number of carbonyl (C=O) groups excluding carboxylic acids is 4. The molecule has 1 aromatic rings. The first kappa shape index (κ1) is 22.8. The van der Waals surface area contributed by atoms with Crippen molar-refractivity contribution in [3.8, 4) is 0 Å². The Kier molecular flexibility index (Phi) is 5.91. The fraction of sp³-hybridized carbons (Fsp3) is 0.409. The van der Waals surface area contributed by atoms with Crippen LogP contribution in [0.1, 0.15) is 12.0 Å². The molecule has 33 heavy (non-hydrogen) atoms. The van der Waals surface area contributed by atoms with Crippen LogP contribution in [0.2, 0.25) is 0 Å². The van der Waals surface area contributed by atoms with E-state index in [1.807, 2.05) is 18.2 Å². The van der Waals surface area contributed by atoms with E-state index in [4.69, 9.17) is 9.47 Å². The van der Waals surface area contributed by atoms with Gasteiger partial charge in [-0.1, -0.05) is 30.3 Å². The van der Waals surface area contributed by atoms with Crippen molar-refractivity contribution in [2.45, 2.75) is 24.3 Å². The standard InChI is InChI=1S/C22H22N2O8S/c1-31-20(29)22(21(30)32-2)9-13(22)12-10-33-18-15(17(26)24(18)16(12)19(27)28)23-14(25)8-11-6-4-3-5-7-11/h3-7,13,15,18H,8-10H2,1-2H3,(H,23,25)(H,27,28)/t13?,15-,18-/m1/s1. The lowest BCUT2D eigenvalue weighted by Gasteiger charge is -2.49. The average Bonchev–Trinajstić information content (AvgIpc) is 3.57. The van der Waals surface area contributed by atoms with Crippen LogP contribution in [-0.4, -0.2) is 71.1 Å². The second kappa shape index (κ2) is 8.54. The van der Waals surface area contributed by atoms with Gasteiger partial charge in [0.05, 0.1) is 20.6 Å². The van der Waals surface area contributed by atoms with Crippen LogP contribution in [0, 0.1) is 11.3 Å². The summed E-state index contributed by atoms with van der Waals surface area (Å²) in [5.41, 5.74) is -0.762. The molecule has 2 aliphatic heterocycles. The number of amides is 2. The molecule has 3 atom stereocenters. The van der Waals surface area contributed by atoms with Crippen molar-refractivity contribution < 1.29 is 38.6 Å². The number of thioether (sulfide) groups is 1. The van der Waals surface area contributed by atoms with Gasteiger partial charge in [0.2, 0.25) is 5.91 Å². The summed E-state index contributed by atoms with van der Waals surface area (Å²) < 4.78 is 9.53. The number of methoxy groups -OCH3 is 2. The summed E-state index contributed by atoms with van der Waals surface area (Å²) >= 11 is 1.28. The molecule has 3 aliphatic rings. The molecule has 1 unspecified atom stereocenters. The lowest BCUT2D eigenvalue weighted by molar-refractivity contribution is -0.162. The minimum Gasteiger partial charge on any atom is -0.477 e. The molecule has 2 fully saturated rings. The van der Waals surface area contributed by atoms with Crippen LogP contribution in [0.15, 0.2) is 41.6 Å². The van der Waals surface area contributed by atoms with Crippen molar-refractivity contribution in [3.05, 3.63) is 47.2 Å². The first-order valence-corrected chi connectivity index (χ1v) is 11.2. The van der Waals surface area contributed by atoms with Crippen LogP contribution in [0.25, 0.3) is 0 Å². The molecule has 0 bridgehead atoms. The highest BCUT2D eigenvalue weighted by Crippen LogP contribution is 2.61. The van der Waals surface area contributed by atoms with Gasteiger partial charge in [0.15, 0.2) is 5.41 Å². The predicted molar refractivity (Wildman–Crippen MR) is 114 cm³/mol. The summed E-state index contributed by atoms with van der Waals surface area (Å²) in [6.07, 6.45) is 0.140. The second-order valence-electron chi connectivity index (χ2n) is 8.01. The number of carbonyl (C=O) groups is 5. The maximum atomic E-state index is 12.8. The molecule has 0 radical (unpaired) electrons. The summed E-state index contributed by atoms with van der Waals surface area (Å²) in [7, 11) is 2.28. The third-order valence-electron chi connectivity index (χ3n) is 6.21. The molecule has 0 aromatic heterocycles. The number of hydrogen-bond donors (Lipinski definition) is 2. The molecular formula is C22H22N2O8S. The van der Waals surface area contributed by atoms with Crippen LogP contribution in [0.4, 0.5) is 0 Å². The number of carboxylic acid groups (broad SMARTS) is 1. The molecule has 174 valence electrons. The molecule has 10 nitrogen and oxygen atoms in total. The number of rotatable bonds is 7. The normalized spacial score (nSPS) is 24.8. The van der Waals surface area contributed by atoms with E-state index in [2.05, 4.69) is 5.32 Å². The molecular weight excluding hydrogens is 452 g/mol. The number of fused-ring (bicyclic) bond motifs is 1. The Hall–Kier alpha value is -3.34. The van der Waals surface area contributed by atoms with Crippen LogP contribution >= 0.6 is 11.8 Å². The quantitative estimate of drug-likeness (QED) is 0.325. The third-order valence-corrected chi connectivity index (χ3v) is 7.51. The largest absolute Gasteiger partial charge is 0.477 e. The number of nitrogens with one attached hydrogen (secondary N) is 1. The number of aliphatic carboxylic acids is 1. The maximum absolute atomic E-state index is 12.8. The van der Waals surface area contributed by atoms with Crippen LogP contribution in [0.5, 0.6) is 0 Å². The van der Waals surface area contributed by atoms with Crippen LogP contribution < -0.4 is 5.32 Å². The van der Waals surface area contributed by atoms with Gasteiger partial charge >= 0.3 is 17.9 Å². The molecule has 11 heteroatoms. The van der Waals surface area contributed by atoms with Gasteiger partial charge in [-0.25, -0.2) is 4.79 Å². The predicted octanol–water partition coefficient (Wildman–Crippen LogP) is 0.320. The van der Waals surface area contributed by atoms with E-state index in [9.17, 15) is 29.1 Å². The minimum absolute atomic E-state index is 0.0446. The second-order valence-corrected chi connectivity index (χ2v) is 9.11. The zero-order valence-corrected chi connectivity index (χ0v) is 18.7. The van der Waals surface area contributed by atoms with Gasteiger partial charge in [0, 0.05) is 11.7 Å². The molecule has 4 rings (SSSR count). The Morgan fingerprint density at radius 2 is 1.79 bits per heavy atom. The van der Waals surface area contributed by atoms with Crippen molar-refractivity contribution in [3.63, 3.8) is 0 Å². The summed E-state index contributed by atoms with van der Waals surface area (Å²) in [6.45, 7) is 0. The van der Waals surface area contributed by atoms with Crippen molar-refractivity contribution in [1.29, 1.82) is 0 Å². The van der Waals surface area contributed by atoms with E-state index in [1.165, 1.54) is 11.8 Å². The molecule has 1 aliphatic carbocycles. The Balaban J connectivity index is 1.54. The topological polar surface area (TPSA) is 139 Å². The maximum Gasteiger partial charge on any atom is 0.352 e. The van der Waals surface area contributed by atoms with Crippen molar-refractivity contribution in [2.75, 3.05) is 20.0 Å². The molecule has 1 saturated carbocycles. The Labute approximate surface area is 193 Å². The monoisotopic (exact) mass is 474 g/mol. The summed E-state index contributed by atoms with van der Waals surface area (Å²) in [4.78, 5) is 63.2. The van der Waals surface area contributed by atoms with E-state index in [0.717, 1.165) is 24.7 Å². The number of carboxylic acids is 1. The van der Waals surface area contributed by atoms with Crippen molar-refractivity contribution in [2.24, 2.45) is 11.3 Å². The summed E-state index contributed by atoms with van der Waals surface area (Å²) in [6, 6.07) is 8.19. The van der Waals surface area contributed by atoms with Crippen molar-refractivity contribution >= 4 is 41.5 Å². The Morgan fingerprint density at radius 3 is 2.36 bits per heavy atom. The number of nitrogens with zero attached hydrogens (tertiary/aromatic N) is 1. The fourth-order valence-electron chi connectivity index (χ4n) is 4.50. The average molecular weight is 474 g/mol. The van der Waals surface area contributed by atoms with E-state index >= 15 is 0 Å². The van der Waals surface area contributed by atoms with Crippen molar-refractivity contribution in [1.82, 2.24) is 10.2 Å². The number of esters is 2. The first-order valence-electron chi connectivity index (χ1n) is 10.2. The molecule has 2 amide bonds. The van der Waals surface area contributed by atoms with Gasteiger partial charge in [-0.15, -0.1) is 11.8 Å². The van der Waals surface area contributed by atoms with Gasteiger partial charge in [-0.3, -0.25) is 24.1 Å². The van der Waals surface area contributed by atoms with Gasteiger partial charge < -0.3 is 19.9 Å². The summed E-state index contributed by atoms with van der Waals surface area (Å²) in [5.74, 6) is -4.39. The van der Waals surface area contributed by atoms with Crippen LogP contribution in [0.3, 0.4) is 0 Å². The first-order chi connectivity index (χ1) is 15.8. The molecule has 0 spiro atoms. The highest BCUT2D eigenvalue weighted by Gasteiger charge is 2.70. The van der Waals surface area contributed by atoms with E-state index in [1.54, 1.807) is 12.1 Å². The Bertz CT molecular complexity index is 1050. The lowest BCUT2D eigenvalue weighted by atomic mass is 9.95. The zero-order valence-electron chi connectivity index (χ0n) is 17.9. The van der Waals surface area contributed by atoms with Crippen LogP contribution in [-0.2, 0) is 39.9 Å². The number of ether oxygens (including phenoxy) is 2.